The van der Waals surface area contributed by atoms with Gasteiger partial charge >= 0.3 is 0 Å². The number of anilines is 1. The van der Waals surface area contributed by atoms with E-state index in [4.69, 9.17) is 34.8 Å². The van der Waals surface area contributed by atoms with E-state index in [2.05, 4.69) is 15.0 Å². The third kappa shape index (κ3) is 3.02. The van der Waals surface area contributed by atoms with E-state index in [-0.39, 0.29) is 5.28 Å². The summed E-state index contributed by atoms with van der Waals surface area (Å²) in [5, 5.41) is 1.15. The van der Waals surface area contributed by atoms with Crippen LogP contribution < -0.4 is 4.90 Å². The molecule has 2 rings (SSSR count). The molecular weight excluding hydrogens is 295 g/mol. The van der Waals surface area contributed by atoms with Crippen LogP contribution in [0.1, 0.15) is 0 Å². The Kier molecular flexibility index (Phi) is 3.90. The van der Waals surface area contributed by atoms with Gasteiger partial charge in [-0.3, -0.25) is 0 Å². The Balaban J connectivity index is 2.56. The second kappa shape index (κ2) is 5.26. The first-order chi connectivity index (χ1) is 8.45. The van der Waals surface area contributed by atoms with E-state index in [0.29, 0.717) is 27.4 Å². The lowest BCUT2D eigenvalue weighted by Gasteiger charge is -2.11. The third-order valence-corrected chi connectivity index (χ3v) is 2.72. The maximum Gasteiger partial charge on any atom is 0.229 e. The van der Waals surface area contributed by atoms with Gasteiger partial charge in [-0.25, -0.2) is 0 Å². The molecule has 1 aromatic heterocycles. The van der Waals surface area contributed by atoms with E-state index < -0.39 is 0 Å². The van der Waals surface area contributed by atoms with Gasteiger partial charge < -0.3 is 4.90 Å². The number of hydrogen-bond acceptors (Lipinski definition) is 4. The van der Waals surface area contributed by atoms with E-state index in [1.54, 1.807) is 23.1 Å². The Hall–Kier alpha value is -1.10. The van der Waals surface area contributed by atoms with Crippen molar-refractivity contribution in [1.29, 1.82) is 0 Å². The molecule has 0 atom stereocenters. The van der Waals surface area contributed by atoms with Crippen molar-refractivity contribution in [1.82, 2.24) is 15.0 Å². The van der Waals surface area contributed by atoms with Gasteiger partial charge in [0.2, 0.25) is 11.2 Å². The first-order valence-corrected chi connectivity index (χ1v) is 6.14. The van der Waals surface area contributed by atoms with Crippen molar-refractivity contribution in [2.75, 3.05) is 19.0 Å². The minimum absolute atomic E-state index is 0.125. The molecule has 18 heavy (non-hydrogen) atoms. The Morgan fingerprint density at radius 2 is 1.50 bits per heavy atom. The Morgan fingerprint density at radius 3 is 2.06 bits per heavy atom. The molecule has 4 nitrogen and oxygen atoms in total. The molecular formula is C11H9Cl3N4. The summed E-state index contributed by atoms with van der Waals surface area (Å²) in [4.78, 5) is 14.1. The van der Waals surface area contributed by atoms with Crippen LogP contribution in [0.15, 0.2) is 18.2 Å². The molecule has 0 bridgehead atoms. The van der Waals surface area contributed by atoms with Crippen LogP contribution in [0.25, 0.3) is 11.4 Å². The maximum atomic E-state index is 5.94. The number of halogens is 3. The number of benzene rings is 1. The first-order valence-electron chi connectivity index (χ1n) is 5.01. The Morgan fingerprint density at radius 1 is 0.889 bits per heavy atom. The van der Waals surface area contributed by atoms with Gasteiger partial charge in [0.05, 0.1) is 0 Å². The van der Waals surface area contributed by atoms with Crippen molar-refractivity contribution in [2.45, 2.75) is 0 Å². The average molecular weight is 304 g/mol. The lowest BCUT2D eigenvalue weighted by atomic mass is 10.2. The molecule has 1 aromatic carbocycles. The average Bonchev–Trinajstić information content (AvgIpc) is 2.26. The minimum Gasteiger partial charge on any atom is -0.347 e. The topological polar surface area (TPSA) is 41.9 Å². The van der Waals surface area contributed by atoms with Crippen LogP contribution in [0.4, 0.5) is 5.95 Å². The zero-order chi connectivity index (χ0) is 13.3. The normalized spacial score (nSPS) is 10.5. The fraction of sp³-hybridized carbons (Fsp3) is 0.182. The summed E-state index contributed by atoms with van der Waals surface area (Å²) in [6, 6.07) is 5.08. The maximum absolute atomic E-state index is 5.94. The minimum atomic E-state index is 0.125. The molecule has 0 saturated heterocycles. The predicted molar refractivity (Wildman–Crippen MR) is 74.6 cm³/mol. The smallest absolute Gasteiger partial charge is 0.229 e. The fourth-order valence-electron chi connectivity index (χ4n) is 1.35. The molecule has 0 spiro atoms. The molecule has 1 heterocycles. The highest BCUT2D eigenvalue weighted by molar-refractivity contribution is 6.35. The SMILES string of the molecule is CN(C)c1nc(Cl)nc(-c2cc(Cl)cc(Cl)c2)n1. The zero-order valence-electron chi connectivity index (χ0n) is 9.65. The number of nitrogens with zero attached hydrogens (tertiary/aromatic N) is 4. The second-order valence-corrected chi connectivity index (χ2v) is 4.99. The van der Waals surface area contributed by atoms with Crippen molar-refractivity contribution < 1.29 is 0 Å². The van der Waals surface area contributed by atoms with Crippen molar-refractivity contribution in [3.8, 4) is 11.4 Å². The molecule has 0 aliphatic rings. The Labute approximate surface area is 120 Å². The van der Waals surface area contributed by atoms with Crippen molar-refractivity contribution >= 4 is 40.8 Å². The molecule has 0 saturated carbocycles. The predicted octanol–water partition coefficient (Wildman–Crippen LogP) is 3.56. The highest BCUT2D eigenvalue weighted by Gasteiger charge is 2.10. The largest absolute Gasteiger partial charge is 0.347 e. The van der Waals surface area contributed by atoms with E-state index >= 15 is 0 Å². The first kappa shape index (κ1) is 13.3. The summed E-state index contributed by atoms with van der Waals surface area (Å²) >= 11 is 17.8. The van der Waals surface area contributed by atoms with Gasteiger partial charge in [0, 0.05) is 29.7 Å². The van der Waals surface area contributed by atoms with E-state index in [1.165, 1.54) is 0 Å². The van der Waals surface area contributed by atoms with Gasteiger partial charge in [-0.15, -0.1) is 0 Å². The van der Waals surface area contributed by atoms with Gasteiger partial charge in [-0.05, 0) is 29.8 Å². The van der Waals surface area contributed by atoms with Crippen LogP contribution in [0.3, 0.4) is 0 Å². The summed E-state index contributed by atoms with van der Waals surface area (Å²) in [6.45, 7) is 0. The van der Waals surface area contributed by atoms with Crippen LogP contribution in [-0.2, 0) is 0 Å². The third-order valence-electron chi connectivity index (χ3n) is 2.12. The van der Waals surface area contributed by atoms with Crippen LogP contribution >= 0.6 is 34.8 Å². The number of aromatic nitrogens is 3. The summed E-state index contributed by atoms with van der Waals surface area (Å²) in [5.74, 6) is 0.907. The molecule has 0 fully saturated rings. The fourth-order valence-corrected chi connectivity index (χ4v) is 2.03. The van der Waals surface area contributed by atoms with Crippen molar-refractivity contribution in [2.24, 2.45) is 0 Å². The van der Waals surface area contributed by atoms with Crippen molar-refractivity contribution in [3.05, 3.63) is 33.5 Å². The summed E-state index contributed by atoms with van der Waals surface area (Å²) in [7, 11) is 3.64. The molecule has 7 heteroatoms. The van der Waals surface area contributed by atoms with Gasteiger partial charge in [-0.2, -0.15) is 15.0 Å². The standard InChI is InChI=1S/C11H9Cl3N4/c1-18(2)11-16-9(15-10(14)17-11)6-3-7(12)5-8(13)4-6/h3-5H,1-2H3. The molecule has 0 radical (unpaired) electrons. The molecule has 0 amide bonds. The Bertz CT molecular complexity index is 566. The molecule has 0 unspecified atom stereocenters. The van der Waals surface area contributed by atoms with Crippen LogP contribution in [0, 0.1) is 0 Å². The number of hydrogen-bond donors (Lipinski definition) is 0. The highest BCUT2D eigenvalue weighted by Crippen LogP contribution is 2.26. The van der Waals surface area contributed by atoms with Crippen LogP contribution in [0.5, 0.6) is 0 Å². The molecule has 0 N–H and O–H groups in total. The van der Waals surface area contributed by atoms with E-state index in [0.717, 1.165) is 0 Å². The summed E-state index contributed by atoms with van der Waals surface area (Å²) in [6.07, 6.45) is 0. The van der Waals surface area contributed by atoms with Gasteiger partial charge in [0.25, 0.3) is 0 Å². The van der Waals surface area contributed by atoms with Crippen LogP contribution in [-0.4, -0.2) is 29.0 Å². The van der Waals surface area contributed by atoms with E-state index in [9.17, 15) is 0 Å². The lowest BCUT2D eigenvalue weighted by molar-refractivity contribution is 0.962. The van der Waals surface area contributed by atoms with Gasteiger partial charge in [-0.1, -0.05) is 23.2 Å². The van der Waals surface area contributed by atoms with E-state index in [1.807, 2.05) is 14.1 Å². The lowest BCUT2D eigenvalue weighted by Crippen LogP contribution is -2.13. The molecule has 0 aliphatic carbocycles. The zero-order valence-corrected chi connectivity index (χ0v) is 11.9. The molecule has 2 aromatic rings. The van der Waals surface area contributed by atoms with Gasteiger partial charge in [0.15, 0.2) is 5.82 Å². The summed E-state index contributed by atoms with van der Waals surface area (Å²) < 4.78 is 0. The quantitative estimate of drug-likeness (QED) is 0.850. The molecule has 0 aliphatic heterocycles. The van der Waals surface area contributed by atoms with Crippen molar-refractivity contribution in [3.63, 3.8) is 0 Å². The highest BCUT2D eigenvalue weighted by atomic mass is 35.5. The van der Waals surface area contributed by atoms with Crippen LogP contribution in [0.2, 0.25) is 15.3 Å². The summed E-state index contributed by atoms with van der Waals surface area (Å²) in [5.41, 5.74) is 0.694. The second-order valence-electron chi connectivity index (χ2n) is 3.78. The monoisotopic (exact) mass is 302 g/mol. The van der Waals surface area contributed by atoms with Gasteiger partial charge in [0.1, 0.15) is 0 Å². The molecule has 94 valence electrons. The number of rotatable bonds is 2.